The Morgan fingerprint density at radius 2 is 2.04 bits per heavy atom. The molecule has 0 aromatic heterocycles. The molecule has 0 aliphatic carbocycles. The van der Waals surface area contributed by atoms with Gasteiger partial charge in [-0.05, 0) is 38.1 Å². The van der Waals surface area contributed by atoms with Gasteiger partial charge in [0.25, 0.3) is 17.7 Å². The third-order valence-corrected chi connectivity index (χ3v) is 4.65. The van der Waals surface area contributed by atoms with Crippen LogP contribution in [0.15, 0.2) is 30.9 Å². The predicted octanol–water partition coefficient (Wildman–Crippen LogP) is 1.71. The second-order valence-corrected chi connectivity index (χ2v) is 6.15. The molecular weight excluding hydrogens is 342 g/mol. The highest BCUT2D eigenvalue weighted by Gasteiger charge is 2.35. The summed E-state index contributed by atoms with van der Waals surface area (Å²) in [6, 6.07) is 5.05. The first kappa shape index (κ1) is 19.1. The zero-order chi connectivity index (χ0) is 17.3. The van der Waals surface area contributed by atoms with Gasteiger partial charge >= 0.3 is 0 Å². The second-order valence-electron chi connectivity index (χ2n) is 6.15. The van der Waals surface area contributed by atoms with Crippen molar-refractivity contribution < 1.29 is 14.4 Å². The molecule has 2 heterocycles. The van der Waals surface area contributed by atoms with Crippen LogP contribution in [0.4, 0.5) is 0 Å². The largest absolute Gasteiger partial charge is 0.337 e. The number of hydrogen-bond acceptors (Lipinski definition) is 4. The average molecular weight is 364 g/mol. The van der Waals surface area contributed by atoms with E-state index < -0.39 is 0 Å². The monoisotopic (exact) mass is 363 g/mol. The lowest BCUT2D eigenvalue weighted by Crippen LogP contribution is -2.47. The summed E-state index contributed by atoms with van der Waals surface area (Å²) in [6.45, 7) is 5.10. The van der Waals surface area contributed by atoms with E-state index in [0.717, 1.165) is 17.7 Å². The fraction of sp³-hybridized carbons (Fsp3) is 0.389. The quantitative estimate of drug-likeness (QED) is 0.653. The maximum absolute atomic E-state index is 12.7. The van der Waals surface area contributed by atoms with E-state index in [0.29, 0.717) is 35.8 Å². The highest BCUT2D eigenvalue weighted by atomic mass is 35.5. The Morgan fingerprint density at radius 1 is 1.32 bits per heavy atom. The van der Waals surface area contributed by atoms with E-state index in [1.165, 1.54) is 6.08 Å². The first-order valence-corrected chi connectivity index (χ1v) is 8.14. The van der Waals surface area contributed by atoms with Crippen molar-refractivity contribution in [2.24, 2.45) is 0 Å². The second kappa shape index (κ2) is 7.80. The number of piperidine rings is 1. The molecule has 1 fully saturated rings. The molecule has 134 valence electrons. The minimum absolute atomic E-state index is 0. The molecule has 0 radical (unpaired) electrons. The average Bonchev–Trinajstić information content (AvgIpc) is 2.86. The lowest BCUT2D eigenvalue weighted by molar-refractivity contribution is 0.0670. The summed E-state index contributed by atoms with van der Waals surface area (Å²) >= 11 is 0. The fourth-order valence-corrected chi connectivity index (χ4v) is 3.30. The molecule has 7 heteroatoms. The summed E-state index contributed by atoms with van der Waals surface area (Å²) in [5.74, 6) is -0.793. The van der Waals surface area contributed by atoms with E-state index in [2.05, 4.69) is 11.9 Å². The number of halogens is 1. The molecule has 1 unspecified atom stereocenters. The summed E-state index contributed by atoms with van der Waals surface area (Å²) in [7, 11) is 1.90. The van der Waals surface area contributed by atoms with Crippen molar-refractivity contribution >= 4 is 30.1 Å². The van der Waals surface area contributed by atoms with Crippen molar-refractivity contribution in [3.05, 3.63) is 47.5 Å². The number of carbonyl (C=O) groups excluding carboxylic acids is 3. The first-order chi connectivity index (χ1) is 11.6. The lowest BCUT2D eigenvalue weighted by atomic mass is 10.0. The van der Waals surface area contributed by atoms with Gasteiger partial charge < -0.3 is 10.2 Å². The summed E-state index contributed by atoms with van der Waals surface area (Å²) in [5, 5.41) is 3.21. The van der Waals surface area contributed by atoms with Crippen LogP contribution in [0.3, 0.4) is 0 Å². The molecule has 3 amide bonds. The molecule has 2 aliphatic heterocycles. The van der Waals surface area contributed by atoms with Crippen LogP contribution in [-0.2, 0) is 0 Å². The third kappa shape index (κ3) is 3.45. The van der Waals surface area contributed by atoms with Gasteiger partial charge in [-0.1, -0.05) is 6.08 Å². The number of amides is 3. The van der Waals surface area contributed by atoms with Gasteiger partial charge in [-0.2, -0.15) is 0 Å². The van der Waals surface area contributed by atoms with Crippen LogP contribution in [0.25, 0.3) is 0 Å². The number of nitrogens with zero attached hydrogens (tertiary/aromatic N) is 2. The molecule has 3 rings (SSSR count). The Kier molecular flexibility index (Phi) is 5.98. The van der Waals surface area contributed by atoms with Gasteiger partial charge in [0.2, 0.25) is 0 Å². The van der Waals surface area contributed by atoms with Crippen molar-refractivity contribution in [3.8, 4) is 0 Å². The topological polar surface area (TPSA) is 69.7 Å². The minimum atomic E-state index is -0.365. The summed E-state index contributed by atoms with van der Waals surface area (Å²) in [4.78, 5) is 40.3. The standard InChI is InChI=1S/C18H21N3O3.ClH/c1-3-8-21-17(23)14-7-6-12(10-15(14)18(21)24)16(22)20-9-4-5-13(11-20)19-2;/h3,6-7,10,13,19H,1,4-5,8-9,11H2,2H3;1H. The van der Waals surface area contributed by atoms with Crippen molar-refractivity contribution in [2.75, 3.05) is 26.7 Å². The Bertz CT molecular complexity index is 720. The van der Waals surface area contributed by atoms with Crippen LogP contribution in [0.1, 0.15) is 43.9 Å². The maximum atomic E-state index is 12.7. The van der Waals surface area contributed by atoms with E-state index in [4.69, 9.17) is 0 Å². The number of likely N-dealkylation sites (tertiary alicyclic amines) is 1. The van der Waals surface area contributed by atoms with E-state index >= 15 is 0 Å². The van der Waals surface area contributed by atoms with Crippen LogP contribution in [-0.4, -0.2) is 60.2 Å². The maximum Gasteiger partial charge on any atom is 0.261 e. The SMILES string of the molecule is C=CCN1C(=O)c2ccc(C(=O)N3CCCC(NC)C3)cc2C1=O.Cl. The summed E-state index contributed by atoms with van der Waals surface area (Å²) < 4.78 is 0. The zero-order valence-electron chi connectivity index (χ0n) is 14.2. The predicted molar refractivity (Wildman–Crippen MR) is 97.2 cm³/mol. The van der Waals surface area contributed by atoms with Crippen LogP contribution >= 0.6 is 12.4 Å². The molecule has 1 atom stereocenters. The Morgan fingerprint density at radius 3 is 2.72 bits per heavy atom. The molecule has 1 N–H and O–H groups in total. The van der Waals surface area contributed by atoms with Crippen LogP contribution in [0.5, 0.6) is 0 Å². The number of benzene rings is 1. The van der Waals surface area contributed by atoms with Gasteiger partial charge in [0.05, 0.1) is 11.1 Å². The van der Waals surface area contributed by atoms with Crippen molar-refractivity contribution in [2.45, 2.75) is 18.9 Å². The summed E-state index contributed by atoms with van der Waals surface area (Å²) in [6.07, 6.45) is 3.51. The number of fused-ring (bicyclic) bond motifs is 1. The van der Waals surface area contributed by atoms with E-state index in [1.807, 2.05) is 7.05 Å². The number of carbonyl (C=O) groups is 3. The molecule has 0 spiro atoms. The van der Waals surface area contributed by atoms with Gasteiger partial charge in [0.15, 0.2) is 0 Å². The third-order valence-electron chi connectivity index (χ3n) is 4.65. The number of hydrogen-bond donors (Lipinski definition) is 1. The molecule has 1 saturated heterocycles. The van der Waals surface area contributed by atoms with E-state index in [1.54, 1.807) is 23.1 Å². The van der Waals surface area contributed by atoms with E-state index in [-0.39, 0.29) is 36.7 Å². The summed E-state index contributed by atoms with van der Waals surface area (Å²) in [5.41, 5.74) is 1.10. The Labute approximate surface area is 153 Å². The van der Waals surface area contributed by atoms with Crippen molar-refractivity contribution in [1.29, 1.82) is 0 Å². The van der Waals surface area contributed by atoms with Crippen LogP contribution in [0, 0.1) is 0 Å². The smallest absolute Gasteiger partial charge is 0.261 e. The first-order valence-electron chi connectivity index (χ1n) is 8.14. The van der Waals surface area contributed by atoms with Crippen molar-refractivity contribution in [1.82, 2.24) is 15.1 Å². The normalized spacial score (nSPS) is 19.5. The molecule has 0 saturated carbocycles. The zero-order valence-corrected chi connectivity index (χ0v) is 15.0. The number of imide groups is 1. The Hall–Kier alpha value is -2.18. The fourth-order valence-electron chi connectivity index (χ4n) is 3.30. The highest BCUT2D eigenvalue weighted by molar-refractivity contribution is 6.22. The van der Waals surface area contributed by atoms with Gasteiger partial charge in [-0.25, -0.2) is 0 Å². The Balaban J connectivity index is 0.00000225. The lowest BCUT2D eigenvalue weighted by Gasteiger charge is -2.32. The highest BCUT2D eigenvalue weighted by Crippen LogP contribution is 2.25. The minimum Gasteiger partial charge on any atom is -0.337 e. The van der Waals surface area contributed by atoms with Crippen LogP contribution in [0.2, 0.25) is 0 Å². The van der Waals surface area contributed by atoms with Crippen molar-refractivity contribution in [3.63, 3.8) is 0 Å². The number of rotatable bonds is 4. The molecule has 1 aromatic carbocycles. The number of nitrogens with one attached hydrogen (secondary N) is 1. The molecule has 6 nitrogen and oxygen atoms in total. The number of likely N-dealkylation sites (N-methyl/N-ethyl adjacent to an activating group) is 1. The van der Waals surface area contributed by atoms with E-state index in [9.17, 15) is 14.4 Å². The molecule has 2 aliphatic rings. The van der Waals surface area contributed by atoms with Gasteiger partial charge in [-0.3, -0.25) is 19.3 Å². The molecule has 25 heavy (non-hydrogen) atoms. The van der Waals surface area contributed by atoms with Gasteiger partial charge in [-0.15, -0.1) is 19.0 Å². The molecule has 0 bridgehead atoms. The van der Waals surface area contributed by atoms with Crippen LogP contribution < -0.4 is 5.32 Å². The molecular formula is C18H22ClN3O3. The molecule has 1 aromatic rings. The van der Waals surface area contributed by atoms with Gasteiger partial charge in [0, 0.05) is 31.2 Å². The van der Waals surface area contributed by atoms with Gasteiger partial charge in [0.1, 0.15) is 0 Å².